The highest BCUT2D eigenvalue weighted by atomic mass is 19.4. The Morgan fingerprint density at radius 3 is 2.33 bits per heavy atom. The highest BCUT2D eigenvalue weighted by Gasteiger charge is 2.33. The van der Waals surface area contributed by atoms with E-state index in [0.717, 1.165) is 17.7 Å². The molecule has 0 atom stereocenters. The zero-order valence-electron chi connectivity index (χ0n) is 11.0. The first kappa shape index (κ1) is 13.5. The summed E-state index contributed by atoms with van der Waals surface area (Å²) in [7, 11) is 0. The Morgan fingerprint density at radius 1 is 0.905 bits per heavy atom. The van der Waals surface area contributed by atoms with Crippen LogP contribution >= 0.6 is 0 Å². The van der Waals surface area contributed by atoms with Crippen molar-refractivity contribution >= 4 is 11.4 Å². The Balaban J connectivity index is 2.05. The number of anilines is 2. The van der Waals surface area contributed by atoms with E-state index in [4.69, 9.17) is 0 Å². The minimum absolute atomic E-state index is 0.216. The maximum absolute atomic E-state index is 12.5. The van der Waals surface area contributed by atoms with Crippen LogP contribution in [0.4, 0.5) is 24.5 Å². The third kappa shape index (κ3) is 2.86. The van der Waals surface area contributed by atoms with Gasteiger partial charge in [-0.05, 0) is 30.2 Å². The Hall–Kier alpha value is -2.43. The normalized spacial score (nSPS) is 14.0. The van der Waals surface area contributed by atoms with Crippen molar-refractivity contribution in [2.24, 2.45) is 0 Å². The van der Waals surface area contributed by atoms with E-state index < -0.39 is 6.36 Å². The smallest absolute Gasteiger partial charge is 0.404 e. The predicted molar refractivity (Wildman–Crippen MR) is 74.6 cm³/mol. The number of para-hydroxylation sites is 3. The first-order valence-corrected chi connectivity index (χ1v) is 6.43. The van der Waals surface area contributed by atoms with Crippen LogP contribution in [0.25, 0.3) is 0 Å². The molecule has 0 fully saturated rings. The minimum atomic E-state index is -4.71. The fourth-order valence-electron chi connectivity index (χ4n) is 2.36. The quantitative estimate of drug-likeness (QED) is 0.788. The summed E-state index contributed by atoms with van der Waals surface area (Å²) in [5.74, 6) is -0.216. The summed E-state index contributed by atoms with van der Waals surface area (Å²) in [6.07, 6.45) is -0.280. The zero-order valence-corrected chi connectivity index (χ0v) is 11.0. The van der Waals surface area contributed by atoms with Gasteiger partial charge in [0.05, 0.1) is 5.69 Å². The molecule has 1 aliphatic heterocycles. The van der Waals surface area contributed by atoms with E-state index in [1.807, 2.05) is 30.3 Å². The number of benzene rings is 2. The molecule has 2 nitrogen and oxygen atoms in total. The predicted octanol–water partition coefficient (Wildman–Crippen LogP) is 4.79. The topological polar surface area (TPSA) is 12.5 Å². The van der Waals surface area contributed by atoms with Crippen LogP contribution in [0.1, 0.15) is 5.56 Å². The minimum Gasteiger partial charge on any atom is -0.404 e. The Morgan fingerprint density at radius 2 is 1.57 bits per heavy atom. The fraction of sp³-hybridized carbons (Fsp3) is 0.125. The average molecular weight is 291 g/mol. The first-order chi connectivity index (χ1) is 10.0. The third-order valence-corrected chi connectivity index (χ3v) is 3.19. The van der Waals surface area contributed by atoms with Gasteiger partial charge < -0.3 is 9.64 Å². The van der Waals surface area contributed by atoms with Gasteiger partial charge in [-0.1, -0.05) is 36.4 Å². The summed E-state index contributed by atoms with van der Waals surface area (Å²) >= 11 is 0. The molecule has 0 spiro atoms. The van der Waals surface area contributed by atoms with Gasteiger partial charge in [-0.2, -0.15) is 0 Å². The average Bonchev–Trinajstić information content (AvgIpc) is 2.46. The van der Waals surface area contributed by atoms with Crippen molar-refractivity contribution in [1.29, 1.82) is 0 Å². The van der Waals surface area contributed by atoms with E-state index in [1.165, 1.54) is 12.1 Å². The largest absolute Gasteiger partial charge is 0.573 e. The van der Waals surface area contributed by atoms with E-state index in [0.29, 0.717) is 5.69 Å². The summed E-state index contributed by atoms with van der Waals surface area (Å²) in [4.78, 5) is 1.71. The fourth-order valence-corrected chi connectivity index (χ4v) is 2.36. The molecule has 0 saturated carbocycles. The molecule has 0 N–H and O–H groups in total. The van der Waals surface area contributed by atoms with Crippen LogP contribution in [0.3, 0.4) is 0 Å². The maximum Gasteiger partial charge on any atom is 0.573 e. The van der Waals surface area contributed by atoms with Gasteiger partial charge in [0, 0.05) is 11.9 Å². The first-order valence-electron chi connectivity index (χ1n) is 6.43. The van der Waals surface area contributed by atoms with Gasteiger partial charge in [-0.25, -0.2) is 0 Å². The number of fused-ring (bicyclic) bond motifs is 1. The van der Waals surface area contributed by atoms with Crippen LogP contribution in [-0.2, 0) is 6.42 Å². The van der Waals surface area contributed by atoms with Crippen molar-refractivity contribution in [2.45, 2.75) is 12.8 Å². The lowest BCUT2D eigenvalue weighted by Gasteiger charge is -2.28. The van der Waals surface area contributed by atoms with Gasteiger partial charge in [0.15, 0.2) is 5.75 Å². The molecule has 108 valence electrons. The van der Waals surface area contributed by atoms with Gasteiger partial charge >= 0.3 is 6.36 Å². The molecule has 0 radical (unpaired) electrons. The standard InChI is InChI=1S/C16H12F3NO/c17-16(18,19)21-15-10-4-3-9-14(15)20-11-5-7-12-6-1-2-8-13(12)20/h1-6,8-11H,7H2. The maximum atomic E-state index is 12.5. The van der Waals surface area contributed by atoms with E-state index in [-0.39, 0.29) is 5.75 Å². The number of ether oxygens (including phenoxy) is 1. The summed E-state index contributed by atoms with van der Waals surface area (Å²) in [5, 5.41) is 0. The number of nitrogens with zero attached hydrogens (tertiary/aromatic N) is 1. The van der Waals surface area contributed by atoms with Crippen LogP contribution < -0.4 is 9.64 Å². The molecule has 0 amide bonds. The van der Waals surface area contributed by atoms with E-state index in [1.54, 1.807) is 23.2 Å². The molecule has 0 bridgehead atoms. The van der Waals surface area contributed by atoms with Gasteiger partial charge in [-0.3, -0.25) is 0 Å². The van der Waals surface area contributed by atoms with Crippen LogP contribution in [0.2, 0.25) is 0 Å². The van der Waals surface area contributed by atoms with Crippen LogP contribution in [0.15, 0.2) is 60.8 Å². The number of alkyl halides is 3. The van der Waals surface area contributed by atoms with Crippen molar-refractivity contribution in [3.8, 4) is 5.75 Å². The second kappa shape index (κ2) is 5.16. The van der Waals surface area contributed by atoms with Gasteiger partial charge in [0.2, 0.25) is 0 Å². The molecular formula is C16H12F3NO. The molecule has 1 heterocycles. The lowest BCUT2D eigenvalue weighted by atomic mass is 10.0. The van der Waals surface area contributed by atoms with Crippen molar-refractivity contribution in [1.82, 2.24) is 0 Å². The molecule has 2 aromatic rings. The van der Waals surface area contributed by atoms with Crippen molar-refractivity contribution in [2.75, 3.05) is 4.90 Å². The summed E-state index contributed by atoms with van der Waals surface area (Å²) in [6.45, 7) is 0. The van der Waals surface area contributed by atoms with Crippen molar-refractivity contribution in [3.63, 3.8) is 0 Å². The van der Waals surface area contributed by atoms with Crippen LogP contribution in [0.5, 0.6) is 5.75 Å². The highest BCUT2D eigenvalue weighted by molar-refractivity contribution is 5.75. The second-order valence-corrected chi connectivity index (χ2v) is 4.60. The number of allylic oxidation sites excluding steroid dienone is 1. The van der Waals surface area contributed by atoms with Crippen molar-refractivity contribution in [3.05, 3.63) is 66.4 Å². The molecule has 3 rings (SSSR count). The van der Waals surface area contributed by atoms with Crippen LogP contribution in [-0.4, -0.2) is 6.36 Å². The molecule has 0 aliphatic carbocycles. The Kier molecular flexibility index (Phi) is 3.33. The molecule has 5 heteroatoms. The van der Waals surface area contributed by atoms with Crippen molar-refractivity contribution < 1.29 is 17.9 Å². The monoisotopic (exact) mass is 291 g/mol. The summed E-state index contributed by atoms with van der Waals surface area (Å²) in [6, 6.07) is 13.7. The molecule has 21 heavy (non-hydrogen) atoms. The van der Waals surface area contributed by atoms with Gasteiger partial charge in [-0.15, -0.1) is 13.2 Å². The number of rotatable bonds is 2. The molecular weight excluding hydrogens is 279 g/mol. The number of hydrogen-bond donors (Lipinski definition) is 0. The number of halogens is 3. The van der Waals surface area contributed by atoms with Gasteiger partial charge in [0.25, 0.3) is 0 Å². The van der Waals surface area contributed by atoms with E-state index >= 15 is 0 Å². The molecule has 2 aromatic carbocycles. The van der Waals surface area contributed by atoms with E-state index in [2.05, 4.69) is 4.74 Å². The SMILES string of the molecule is FC(F)(F)Oc1ccccc1N1C=CCc2ccccc21. The summed E-state index contributed by atoms with van der Waals surface area (Å²) < 4.78 is 41.7. The van der Waals surface area contributed by atoms with Gasteiger partial charge in [0.1, 0.15) is 0 Å². The Bertz CT molecular complexity index is 679. The van der Waals surface area contributed by atoms with Crippen LogP contribution in [0, 0.1) is 0 Å². The lowest BCUT2D eigenvalue weighted by Crippen LogP contribution is -2.20. The molecule has 1 aliphatic rings. The highest BCUT2D eigenvalue weighted by Crippen LogP contribution is 2.39. The second-order valence-electron chi connectivity index (χ2n) is 4.60. The lowest BCUT2D eigenvalue weighted by molar-refractivity contribution is -0.274. The van der Waals surface area contributed by atoms with E-state index in [9.17, 15) is 13.2 Å². The third-order valence-electron chi connectivity index (χ3n) is 3.19. The Labute approximate surface area is 120 Å². The molecule has 0 aromatic heterocycles. The molecule has 0 saturated heterocycles. The summed E-state index contributed by atoms with van der Waals surface area (Å²) in [5.41, 5.74) is 2.28. The molecule has 0 unspecified atom stereocenters. The number of hydrogen-bond acceptors (Lipinski definition) is 2. The zero-order chi connectivity index (χ0) is 14.9.